The first-order valence-electron chi connectivity index (χ1n) is 7.00. The Hall–Kier alpha value is -0.563. The molecule has 0 spiro atoms. The average Bonchev–Trinajstić information content (AvgIpc) is 2.39. The van der Waals surface area contributed by atoms with Gasteiger partial charge in [-0.2, -0.15) is 0 Å². The van der Waals surface area contributed by atoms with E-state index < -0.39 is 0 Å². The summed E-state index contributed by atoms with van der Waals surface area (Å²) in [7, 11) is 3.54. The first-order valence-corrected chi connectivity index (χ1v) is 7.71. The molecule has 0 bridgehead atoms. The van der Waals surface area contributed by atoms with Crippen LogP contribution in [0, 0.1) is 11.8 Å². The lowest BCUT2D eigenvalue weighted by Gasteiger charge is -2.26. The van der Waals surface area contributed by atoms with E-state index in [0.717, 1.165) is 17.9 Å². The molecule has 2 rings (SSSR count). The number of hydrogen-bond donors (Lipinski definition) is 0. The van der Waals surface area contributed by atoms with Crippen LogP contribution in [0.5, 0.6) is 0 Å². The molecule has 0 heterocycles. The fourth-order valence-corrected chi connectivity index (χ4v) is 3.05. The minimum atomic E-state index is 0.959. The zero-order chi connectivity index (χ0) is 12.1. The van der Waals surface area contributed by atoms with Crippen LogP contribution in [0.3, 0.4) is 0 Å². The topological polar surface area (TPSA) is 0 Å². The van der Waals surface area contributed by atoms with Crippen molar-refractivity contribution >= 4 is 10.2 Å². The molecule has 1 saturated carbocycles. The van der Waals surface area contributed by atoms with E-state index in [4.69, 9.17) is 0 Å². The molecule has 0 N–H and O–H groups in total. The lowest BCUT2D eigenvalue weighted by atomic mass is 9.80. The van der Waals surface area contributed by atoms with E-state index in [-0.39, 0.29) is 0 Å². The first-order chi connectivity index (χ1) is 8.28. The van der Waals surface area contributed by atoms with Gasteiger partial charge in [0.05, 0.1) is 0 Å². The van der Waals surface area contributed by atoms with Crippen molar-refractivity contribution in [1.29, 1.82) is 0 Å². The van der Waals surface area contributed by atoms with Crippen molar-refractivity contribution in [3.63, 3.8) is 0 Å². The molecule has 1 heteroatoms. The SMILES string of the molecule is CC1CCC(CCc2ccc(C[Si])cc2)CC1. The smallest absolute Gasteiger partial charge is 0.0283 e. The number of hydrogen-bond acceptors (Lipinski definition) is 0. The van der Waals surface area contributed by atoms with Gasteiger partial charge in [-0.15, -0.1) is 0 Å². The maximum atomic E-state index is 3.54. The Morgan fingerprint density at radius 1 is 1.00 bits per heavy atom. The number of aryl methyl sites for hydroxylation is 1. The van der Waals surface area contributed by atoms with Crippen LogP contribution in [0.15, 0.2) is 24.3 Å². The number of rotatable bonds is 4. The third-order valence-corrected chi connectivity index (χ3v) is 4.61. The van der Waals surface area contributed by atoms with E-state index in [2.05, 4.69) is 41.4 Å². The second-order valence-corrected chi connectivity index (χ2v) is 6.01. The van der Waals surface area contributed by atoms with Gasteiger partial charge in [-0.25, -0.2) is 0 Å². The molecule has 1 aromatic carbocycles. The summed E-state index contributed by atoms with van der Waals surface area (Å²) in [5.74, 6) is 1.96. The molecular weight excluding hydrogens is 220 g/mol. The zero-order valence-corrected chi connectivity index (χ0v) is 11.9. The summed E-state index contributed by atoms with van der Waals surface area (Å²) in [6, 6.07) is 10.0. The maximum absolute atomic E-state index is 3.54. The van der Waals surface area contributed by atoms with Crippen LogP contribution in [0.4, 0.5) is 0 Å². The quantitative estimate of drug-likeness (QED) is 0.698. The predicted molar refractivity (Wildman–Crippen MR) is 75.3 cm³/mol. The van der Waals surface area contributed by atoms with Crippen LogP contribution in [0.1, 0.15) is 50.2 Å². The third kappa shape index (κ3) is 3.99. The van der Waals surface area contributed by atoms with Crippen molar-refractivity contribution in [2.75, 3.05) is 0 Å². The van der Waals surface area contributed by atoms with Crippen molar-refractivity contribution in [3.05, 3.63) is 35.4 Å². The van der Waals surface area contributed by atoms with E-state index in [1.807, 2.05) is 0 Å². The molecule has 1 aromatic rings. The third-order valence-electron chi connectivity index (χ3n) is 4.20. The molecule has 0 atom stereocenters. The molecule has 1 fully saturated rings. The Morgan fingerprint density at radius 2 is 1.59 bits per heavy atom. The van der Waals surface area contributed by atoms with Crippen LogP contribution in [-0.2, 0) is 12.5 Å². The second kappa shape index (κ2) is 6.39. The molecule has 0 unspecified atom stereocenters. The summed E-state index contributed by atoms with van der Waals surface area (Å²) < 4.78 is 0. The van der Waals surface area contributed by atoms with Crippen LogP contribution in [0.25, 0.3) is 0 Å². The van der Waals surface area contributed by atoms with Gasteiger partial charge in [-0.05, 0) is 36.3 Å². The second-order valence-electron chi connectivity index (χ2n) is 5.66. The molecule has 0 amide bonds. The van der Waals surface area contributed by atoms with Crippen molar-refractivity contribution in [2.24, 2.45) is 11.8 Å². The Bertz CT molecular complexity index is 320. The molecule has 3 radical (unpaired) electrons. The summed E-state index contributed by atoms with van der Waals surface area (Å²) in [5, 5.41) is 0. The van der Waals surface area contributed by atoms with E-state index >= 15 is 0 Å². The standard InChI is InChI=1S/C16H23Si/c1-13-2-4-14(5-3-13)6-7-15-8-10-16(12-17)11-9-15/h8-11,13-14H,2-7,12H2,1H3. The monoisotopic (exact) mass is 243 g/mol. The summed E-state index contributed by atoms with van der Waals surface area (Å²) in [5.41, 5.74) is 2.88. The van der Waals surface area contributed by atoms with Gasteiger partial charge in [0.1, 0.15) is 0 Å². The molecule has 0 nitrogen and oxygen atoms in total. The van der Waals surface area contributed by atoms with Crippen molar-refractivity contribution < 1.29 is 0 Å². The Kier molecular flexibility index (Phi) is 4.84. The molecule has 0 aromatic heterocycles. The zero-order valence-electron chi connectivity index (χ0n) is 10.9. The highest BCUT2D eigenvalue weighted by Gasteiger charge is 2.17. The van der Waals surface area contributed by atoms with Gasteiger partial charge in [-0.1, -0.05) is 62.4 Å². The Morgan fingerprint density at radius 3 is 2.18 bits per heavy atom. The van der Waals surface area contributed by atoms with Gasteiger partial charge in [0.15, 0.2) is 0 Å². The van der Waals surface area contributed by atoms with Crippen molar-refractivity contribution in [1.82, 2.24) is 0 Å². The molecule has 0 aliphatic heterocycles. The molecule has 17 heavy (non-hydrogen) atoms. The van der Waals surface area contributed by atoms with Gasteiger partial charge < -0.3 is 0 Å². The minimum Gasteiger partial charge on any atom is -0.0625 e. The largest absolute Gasteiger partial charge is 0.0625 e. The average molecular weight is 243 g/mol. The fourth-order valence-electron chi connectivity index (χ4n) is 2.81. The summed E-state index contributed by atoms with van der Waals surface area (Å²) in [4.78, 5) is 0. The summed E-state index contributed by atoms with van der Waals surface area (Å²) in [6.07, 6.45) is 8.47. The fraction of sp³-hybridized carbons (Fsp3) is 0.625. The van der Waals surface area contributed by atoms with E-state index in [1.54, 1.807) is 0 Å². The minimum absolute atomic E-state index is 0.959. The van der Waals surface area contributed by atoms with Gasteiger partial charge in [0.25, 0.3) is 0 Å². The predicted octanol–water partition coefficient (Wildman–Crippen LogP) is 4.11. The number of benzene rings is 1. The Labute approximate surface area is 109 Å². The van der Waals surface area contributed by atoms with Gasteiger partial charge in [-0.3, -0.25) is 0 Å². The van der Waals surface area contributed by atoms with Gasteiger partial charge in [0.2, 0.25) is 0 Å². The highest BCUT2D eigenvalue weighted by atomic mass is 28.1. The van der Waals surface area contributed by atoms with Crippen LogP contribution in [-0.4, -0.2) is 10.2 Å². The normalized spacial score (nSPS) is 24.8. The van der Waals surface area contributed by atoms with Crippen molar-refractivity contribution in [3.8, 4) is 0 Å². The summed E-state index contributed by atoms with van der Waals surface area (Å²) in [6.45, 7) is 2.40. The lowest BCUT2D eigenvalue weighted by Crippen LogP contribution is -2.12. The molecule has 91 valence electrons. The van der Waals surface area contributed by atoms with E-state index in [1.165, 1.54) is 49.7 Å². The van der Waals surface area contributed by atoms with Crippen LogP contribution in [0.2, 0.25) is 0 Å². The van der Waals surface area contributed by atoms with Crippen molar-refractivity contribution in [2.45, 2.75) is 51.5 Å². The van der Waals surface area contributed by atoms with E-state index in [0.29, 0.717) is 0 Å². The van der Waals surface area contributed by atoms with Gasteiger partial charge >= 0.3 is 0 Å². The highest BCUT2D eigenvalue weighted by molar-refractivity contribution is 6.08. The molecule has 0 saturated heterocycles. The highest BCUT2D eigenvalue weighted by Crippen LogP contribution is 2.31. The van der Waals surface area contributed by atoms with E-state index in [9.17, 15) is 0 Å². The molecule has 1 aliphatic carbocycles. The maximum Gasteiger partial charge on any atom is 0.0283 e. The van der Waals surface area contributed by atoms with Gasteiger partial charge in [0, 0.05) is 10.2 Å². The Balaban J connectivity index is 1.77. The molecular formula is C16H23Si. The lowest BCUT2D eigenvalue weighted by molar-refractivity contribution is 0.278. The van der Waals surface area contributed by atoms with Crippen LogP contribution >= 0.6 is 0 Å². The molecule has 1 aliphatic rings. The first kappa shape index (κ1) is 12.9. The summed E-state index contributed by atoms with van der Waals surface area (Å²) >= 11 is 0. The van der Waals surface area contributed by atoms with Crippen LogP contribution < -0.4 is 0 Å².